The van der Waals surface area contributed by atoms with Gasteiger partial charge in [0.25, 0.3) is 0 Å². The number of carbonyl (C=O) groups excluding carboxylic acids is 1. The number of aliphatic hydroxyl groups is 1. The van der Waals surface area contributed by atoms with E-state index in [2.05, 4.69) is 4.74 Å². The molecule has 0 aromatic heterocycles. The van der Waals surface area contributed by atoms with E-state index in [4.69, 9.17) is 0 Å². The molecule has 0 amide bonds. The second-order valence-electron chi connectivity index (χ2n) is 3.25. The lowest BCUT2D eigenvalue weighted by Crippen LogP contribution is -2.18. The van der Waals surface area contributed by atoms with Crippen molar-refractivity contribution in [3.05, 3.63) is 34.9 Å². The zero-order valence-electron chi connectivity index (χ0n) is 8.96. The summed E-state index contributed by atoms with van der Waals surface area (Å²) >= 11 is 0. The zero-order valence-corrected chi connectivity index (χ0v) is 8.96. The Labute approximate surface area is 91.7 Å². The van der Waals surface area contributed by atoms with E-state index in [0.29, 0.717) is 0 Å². The van der Waals surface area contributed by atoms with Crippen LogP contribution in [0.2, 0.25) is 0 Å². The number of halogens is 2. The third-order valence-corrected chi connectivity index (χ3v) is 2.10. The molecule has 0 radical (unpaired) electrons. The van der Waals surface area contributed by atoms with Gasteiger partial charge in [-0.25, -0.2) is 13.6 Å². The molecule has 16 heavy (non-hydrogen) atoms. The predicted octanol–water partition coefficient (Wildman–Crippen LogP) is 1.87. The molecule has 0 aliphatic heterocycles. The summed E-state index contributed by atoms with van der Waals surface area (Å²) in [6.07, 6.45) is -1.93. The summed E-state index contributed by atoms with van der Waals surface area (Å²) in [6, 6.07) is 2.22. The van der Waals surface area contributed by atoms with Crippen molar-refractivity contribution in [2.75, 3.05) is 6.61 Å². The number of aryl methyl sites for hydroxylation is 1. The molecule has 1 rings (SSSR count). The van der Waals surface area contributed by atoms with Gasteiger partial charge in [0.2, 0.25) is 0 Å². The van der Waals surface area contributed by atoms with Gasteiger partial charge in [-0.3, -0.25) is 0 Å². The number of ether oxygens (including phenoxy) is 1. The lowest BCUT2D eigenvalue weighted by atomic mass is 10.0. The molecule has 1 unspecified atom stereocenters. The van der Waals surface area contributed by atoms with Crippen molar-refractivity contribution in [2.45, 2.75) is 20.0 Å². The van der Waals surface area contributed by atoms with Gasteiger partial charge in [0.1, 0.15) is 11.6 Å². The van der Waals surface area contributed by atoms with Crippen molar-refractivity contribution >= 4 is 5.97 Å². The molecule has 0 fully saturated rings. The first-order valence-corrected chi connectivity index (χ1v) is 4.78. The molecule has 0 heterocycles. The first kappa shape index (κ1) is 12.6. The Morgan fingerprint density at radius 3 is 2.69 bits per heavy atom. The van der Waals surface area contributed by atoms with Crippen LogP contribution in [0.5, 0.6) is 0 Å². The Balaban J connectivity index is 3.12. The molecule has 0 bridgehead atoms. The second-order valence-corrected chi connectivity index (χ2v) is 3.25. The van der Waals surface area contributed by atoms with Gasteiger partial charge in [-0.2, -0.15) is 0 Å². The Kier molecular flexibility index (Phi) is 3.95. The van der Waals surface area contributed by atoms with Gasteiger partial charge in [-0.15, -0.1) is 0 Å². The summed E-state index contributed by atoms with van der Waals surface area (Å²) < 4.78 is 31.3. The topological polar surface area (TPSA) is 46.5 Å². The summed E-state index contributed by atoms with van der Waals surface area (Å²) in [5.41, 5.74) is -0.516. The first-order valence-electron chi connectivity index (χ1n) is 4.78. The van der Waals surface area contributed by atoms with Crippen LogP contribution in [0, 0.1) is 18.6 Å². The van der Waals surface area contributed by atoms with Crippen molar-refractivity contribution in [3.8, 4) is 0 Å². The number of hydrogen-bond donors (Lipinski definition) is 1. The highest BCUT2D eigenvalue weighted by molar-refractivity contribution is 5.76. The molecular weight excluding hydrogens is 218 g/mol. The monoisotopic (exact) mass is 230 g/mol. The molecule has 1 aromatic carbocycles. The molecule has 88 valence electrons. The Hall–Kier alpha value is -1.49. The maximum atomic E-state index is 13.5. The quantitative estimate of drug-likeness (QED) is 0.806. The Bertz CT molecular complexity index is 404. The minimum atomic E-state index is -1.93. The fourth-order valence-electron chi connectivity index (χ4n) is 1.27. The third kappa shape index (κ3) is 2.36. The molecule has 3 nitrogen and oxygen atoms in total. The van der Waals surface area contributed by atoms with Gasteiger partial charge in [0.15, 0.2) is 6.10 Å². The summed E-state index contributed by atoms with van der Waals surface area (Å²) in [6.45, 7) is 2.98. The summed E-state index contributed by atoms with van der Waals surface area (Å²) in [5, 5.41) is 9.45. The predicted molar refractivity (Wildman–Crippen MR) is 52.7 cm³/mol. The van der Waals surface area contributed by atoms with E-state index in [1.54, 1.807) is 0 Å². The zero-order chi connectivity index (χ0) is 12.3. The fourth-order valence-corrected chi connectivity index (χ4v) is 1.27. The summed E-state index contributed by atoms with van der Waals surface area (Å²) in [7, 11) is 0. The number of carbonyl (C=O) groups is 1. The van der Waals surface area contributed by atoms with Crippen LogP contribution in [0.1, 0.15) is 24.2 Å². The normalized spacial score (nSPS) is 12.3. The largest absolute Gasteiger partial charge is 0.464 e. The van der Waals surface area contributed by atoms with Crippen LogP contribution in [0.15, 0.2) is 12.1 Å². The molecule has 0 aliphatic carbocycles. The van der Waals surface area contributed by atoms with Crippen LogP contribution in [0.4, 0.5) is 8.78 Å². The van der Waals surface area contributed by atoms with E-state index < -0.39 is 29.3 Å². The minimum Gasteiger partial charge on any atom is -0.464 e. The van der Waals surface area contributed by atoms with E-state index in [-0.39, 0.29) is 12.2 Å². The molecule has 0 saturated carbocycles. The van der Waals surface area contributed by atoms with Crippen LogP contribution in [0.25, 0.3) is 0 Å². The number of aliphatic hydroxyl groups excluding tert-OH is 1. The van der Waals surface area contributed by atoms with Crippen LogP contribution in [-0.2, 0) is 9.53 Å². The SMILES string of the molecule is CCOC(=O)C(O)c1c(F)ccc(C)c1F. The average Bonchev–Trinajstić information content (AvgIpc) is 2.24. The van der Waals surface area contributed by atoms with E-state index in [9.17, 15) is 18.7 Å². The van der Waals surface area contributed by atoms with Crippen LogP contribution in [-0.4, -0.2) is 17.7 Å². The highest BCUT2D eigenvalue weighted by Gasteiger charge is 2.26. The van der Waals surface area contributed by atoms with Gasteiger partial charge < -0.3 is 9.84 Å². The fraction of sp³-hybridized carbons (Fsp3) is 0.364. The average molecular weight is 230 g/mol. The number of esters is 1. The second kappa shape index (κ2) is 5.03. The number of rotatable bonds is 3. The van der Waals surface area contributed by atoms with Crippen molar-refractivity contribution < 1.29 is 23.4 Å². The maximum absolute atomic E-state index is 13.5. The van der Waals surface area contributed by atoms with Gasteiger partial charge >= 0.3 is 5.97 Å². The van der Waals surface area contributed by atoms with E-state index in [1.165, 1.54) is 19.9 Å². The summed E-state index contributed by atoms with van der Waals surface area (Å²) in [4.78, 5) is 11.2. The number of hydrogen-bond acceptors (Lipinski definition) is 3. The molecule has 0 aliphatic rings. The van der Waals surface area contributed by atoms with Crippen molar-refractivity contribution in [1.82, 2.24) is 0 Å². The Morgan fingerprint density at radius 2 is 2.12 bits per heavy atom. The molecule has 1 N–H and O–H groups in total. The van der Waals surface area contributed by atoms with Gasteiger partial charge in [-0.05, 0) is 25.5 Å². The van der Waals surface area contributed by atoms with Crippen LogP contribution < -0.4 is 0 Å². The molecular formula is C11H12F2O3. The number of benzene rings is 1. The van der Waals surface area contributed by atoms with Crippen LogP contribution in [0.3, 0.4) is 0 Å². The van der Waals surface area contributed by atoms with E-state index >= 15 is 0 Å². The smallest absolute Gasteiger partial charge is 0.339 e. The Morgan fingerprint density at radius 1 is 1.50 bits per heavy atom. The third-order valence-electron chi connectivity index (χ3n) is 2.10. The highest BCUT2D eigenvalue weighted by Crippen LogP contribution is 2.24. The highest BCUT2D eigenvalue weighted by atomic mass is 19.1. The lowest BCUT2D eigenvalue weighted by Gasteiger charge is -2.12. The molecule has 1 atom stereocenters. The standard InChI is InChI=1S/C11H12F2O3/c1-3-16-11(15)10(14)8-7(12)5-4-6(2)9(8)13/h4-5,10,14H,3H2,1-2H3. The van der Waals surface area contributed by atoms with E-state index in [1.807, 2.05) is 0 Å². The first-order chi connectivity index (χ1) is 7.49. The minimum absolute atomic E-state index is 0.0327. The van der Waals surface area contributed by atoms with Gasteiger partial charge in [0, 0.05) is 0 Å². The molecule has 5 heteroatoms. The molecule has 0 saturated heterocycles. The summed E-state index contributed by atoms with van der Waals surface area (Å²) in [5.74, 6) is -2.96. The maximum Gasteiger partial charge on any atom is 0.339 e. The van der Waals surface area contributed by atoms with Crippen LogP contribution >= 0.6 is 0 Å². The van der Waals surface area contributed by atoms with E-state index in [0.717, 1.165) is 6.07 Å². The van der Waals surface area contributed by atoms with Crippen molar-refractivity contribution in [1.29, 1.82) is 0 Å². The van der Waals surface area contributed by atoms with Gasteiger partial charge in [-0.1, -0.05) is 6.07 Å². The lowest BCUT2D eigenvalue weighted by molar-refractivity contribution is -0.153. The van der Waals surface area contributed by atoms with Gasteiger partial charge in [0.05, 0.1) is 12.2 Å². The molecule has 0 spiro atoms. The van der Waals surface area contributed by atoms with Crippen molar-refractivity contribution in [2.24, 2.45) is 0 Å². The van der Waals surface area contributed by atoms with Crippen molar-refractivity contribution in [3.63, 3.8) is 0 Å². The molecule has 1 aromatic rings.